The lowest BCUT2D eigenvalue weighted by atomic mass is 10.0. The summed E-state index contributed by atoms with van der Waals surface area (Å²) < 4.78 is 10.9. The summed E-state index contributed by atoms with van der Waals surface area (Å²) in [6.07, 6.45) is 0. The Kier molecular flexibility index (Phi) is 5.90. The van der Waals surface area contributed by atoms with Crippen LogP contribution in [0.5, 0.6) is 11.5 Å². The second-order valence-corrected chi connectivity index (χ2v) is 7.04. The first-order valence-corrected chi connectivity index (χ1v) is 9.83. The normalized spacial score (nSPS) is 10.4. The molecule has 148 valence electrons. The quantitative estimate of drug-likeness (QED) is 0.284. The zero-order chi connectivity index (χ0) is 20.8. The third-order valence-electron chi connectivity index (χ3n) is 4.79. The van der Waals surface area contributed by atoms with Gasteiger partial charge in [0.05, 0.1) is 0 Å². The van der Waals surface area contributed by atoms with Gasteiger partial charge in [-0.25, -0.2) is 4.79 Å². The van der Waals surface area contributed by atoms with Crippen LogP contribution in [0.4, 0.5) is 0 Å². The van der Waals surface area contributed by atoms with E-state index in [2.05, 4.69) is 43.3 Å². The van der Waals surface area contributed by atoms with Crippen LogP contribution in [0, 0.1) is 6.92 Å². The molecule has 0 unspecified atom stereocenters. The molecular weight excluding hydrogens is 372 g/mol. The summed E-state index contributed by atoms with van der Waals surface area (Å²) >= 11 is 0. The van der Waals surface area contributed by atoms with Crippen LogP contribution in [0.1, 0.15) is 5.56 Å². The molecule has 0 N–H and O–H groups in total. The molecule has 0 saturated heterocycles. The molecule has 0 aliphatic rings. The number of aryl methyl sites for hydroxylation is 1. The second kappa shape index (κ2) is 9.10. The van der Waals surface area contributed by atoms with Crippen molar-refractivity contribution in [3.05, 3.63) is 109 Å². The Morgan fingerprint density at radius 3 is 1.63 bits per heavy atom. The van der Waals surface area contributed by atoms with Crippen molar-refractivity contribution in [2.75, 3.05) is 6.61 Å². The van der Waals surface area contributed by atoms with E-state index in [4.69, 9.17) is 9.47 Å². The number of hydrogen-bond acceptors (Lipinski definition) is 3. The maximum Gasteiger partial charge on any atom is 0.349 e. The fourth-order valence-corrected chi connectivity index (χ4v) is 3.14. The molecule has 0 radical (unpaired) electrons. The second-order valence-electron chi connectivity index (χ2n) is 7.04. The summed E-state index contributed by atoms with van der Waals surface area (Å²) in [5, 5.41) is 0. The Morgan fingerprint density at radius 2 is 1.07 bits per heavy atom. The van der Waals surface area contributed by atoms with Gasteiger partial charge in [0.2, 0.25) is 0 Å². The molecule has 0 saturated carbocycles. The number of hydrogen-bond donors (Lipinski definition) is 0. The summed E-state index contributed by atoms with van der Waals surface area (Å²) in [5.74, 6) is 0.686. The van der Waals surface area contributed by atoms with E-state index < -0.39 is 5.97 Å². The number of benzene rings is 4. The first-order chi connectivity index (χ1) is 14.7. The molecule has 0 atom stereocenters. The van der Waals surface area contributed by atoms with E-state index in [0.29, 0.717) is 11.5 Å². The molecule has 0 bridgehead atoms. The zero-order valence-corrected chi connectivity index (χ0v) is 16.7. The lowest BCUT2D eigenvalue weighted by Crippen LogP contribution is -2.17. The third-order valence-corrected chi connectivity index (χ3v) is 4.79. The lowest BCUT2D eigenvalue weighted by Gasteiger charge is -2.09. The summed E-state index contributed by atoms with van der Waals surface area (Å²) in [7, 11) is 0. The van der Waals surface area contributed by atoms with Crippen LogP contribution in [0.3, 0.4) is 0 Å². The third kappa shape index (κ3) is 4.95. The predicted octanol–water partition coefficient (Wildman–Crippen LogP) is 6.31. The Hall–Kier alpha value is -3.85. The molecule has 0 spiro atoms. The van der Waals surface area contributed by atoms with Gasteiger partial charge in [0.15, 0.2) is 6.61 Å². The minimum atomic E-state index is -0.440. The van der Waals surface area contributed by atoms with Gasteiger partial charge in [-0.2, -0.15) is 0 Å². The van der Waals surface area contributed by atoms with Crippen molar-refractivity contribution in [1.29, 1.82) is 0 Å². The van der Waals surface area contributed by atoms with Gasteiger partial charge in [0.1, 0.15) is 11.5 Å². The molecule has 0 aliphatic carbocycles. The molecule has 3 nitrogen and oxygen atoms in total. The molecular formula is C27H22O3. The maximum atomic E-state index is 12.1. The zero-order valence-electron chi connectivity index (χ0n) is 16.7. The molecule has 3 heteroatoms. The minimum absolute atomic E-state index is 0.148. The summed E-state index contributed by atoms with van der Waals surface area (Å²) in [4.78, 5) is 12.1. The van der Waals surface area contributed by atoms with Gasteiger partial charge in [0.25, 0.3) is 0 Å². The van der Waals surface area contributed by atoms with Crippen LogP contribution in [-0.2, 0) is 4.79 Å². The standard InChI is InChI=1S/C27H22O3/c1-20-7-9-22(10-8-20)24-13-17-26(18-14-24)30-27(28)19-29-25-15-11-23(12-16-25)21-5-3-2-4-6-21/h2-18H,19H2,1H3. The van der Waals surface area contributed by atoms with Gasteiger partial charge >= 0.3 is 5.97 Å². The van der Waals surface area contributed by atoms with Gasteiger partial charge in [-0.05, 0) is 53.4 Å². The number of carbonyl (C=O) groups excluding carboxylic acids is 1. The smallest absolute Gasteiger partial charge is 0.349 e. The Morgan fingerprint density at radius 1 is 0.600 bits per heavy atom. The first kappa shape index (κ1) is 19.5. The van der Waals surface area contributed by atoms with Gasteiger partial charge in [-0.1, -0.05) is 84.4 Å². The summed E-state index contributed by atoms with van der Waals surface area (Å²) in [6, 6.07) is 33.5. The Balaban J connectivity index is 1.31. The van der Waals surface area contributed by atoms with Gasteiger partial charge in [-0.3, -0.25) is 0 Å². The van der Waals surface area contributed by atoms with Gasteiger partial charge in [0, 0.05) is 0 Å². The number of carbonyl (C=O) groups is 1. The van der Waals surface area contributed by atoms with Crippen molar-refractivity contribution < 1.29 is 14.3 Å². The van der Waals surface area contributed by atoms with Crippen molar-refractivity contribution in [3.8, 4) is 33.8 Å². The van der Waals surface area contributed by atoms with Gasteiger partial charge < -0.3 is 9.47 Å². The molecule has 30 heavy (non-hydrogen) atoms. The van der Waals surface area contributed by atoms with Crippen molar-refractivity contribution in [3.63, 3.8) is 0 Å². The van der Waals surface area contributed by atoms with E-state index in [1.165, 1.54) is 5.56 Å². The van der Waals surface area contributed by atoms with Crippen molar-refractivity contribution in [1.82, 2.24) is 0 Å². The van der Waals surface area contributed by atoms with Gasteiger partial charge in [-0.15, -0.1) is 0 Å². The summed E-state index contributed by atoms with van der Waals surface area (Å²) in [5.41, 5.74) is 5.65. The van der Waals surface area contributed by atoms with E-state index in [0.717, 1.165) is 22.3 Å². The average Bonchev–Trinajstić information content (AvgIpc) is 2.80. The number of esters is 1. The Bertz CT molecular complexity index is 1100. The molecule has 0 amide bonds. The lowest BCUT2D eigenvalue weighted by molar-refractivity contribution is -0.136. The van der Waals surface area contributed by atoms with Crippen LogP contribution in [-0.4, -0.2) is 12.6 Å². The van der Waals surface area contributed by atoms with Crippen molar-refractivity contribution >= 4 is 5.97 Å². The largest absolute Gasteiger partial charge is 0.482 e. The van der Waals surface area contributed by atoms with Crippen LogP contribution < -0.4 is 9.47 Å². The molecule has 4 rings (SSSR count). The van der Waals surface area contributed by atoms with E-state index in [9.17, 15) is 4.79 Å². The molecule has 0 heterocycles. The van der Waals surface area contributed by atoms with Crippen molar-refractivity contribution in [2.45, 2.75) is 6.92 Å². The number of ether oxygens (including phenoxy) is 2. The fraction of sp³-hybridized carbons (Fsp3) is 0.0741. The first-order valence-electron chi connectivity index (χ1n) is 9.83. The maximum absolute atomic E-state index is 12.1. The monoisotopic (exact) mass is 394 g/mol. The van der Waals surface area contributed by atoms with Crippen LogP contribution in [0.2, 0.25) is 0 Å². The molecule has 4 aromatic rings. The fourth-order valence-electron chi connectivity index (χ4n) is 3.14. The Labute approximate surface area is 176 Å². The van der Waals surface area contributed by atoms with E-state index >= 15 is 0 Å². The van der Waals surface area contributed by atoms with E-state index in [-0.39, 0.29) is 6.61 Å². The van der Waals surface area contributed by atoms with Crippen LogP contribution in [0.25, 0.3) is 22.3 Å². The highest BCUT2D eigenvalue weighted by Gasteiger charge is 2.07. The summed E-state index contributed by atoms with van der Waals surface area (Å²) in [6.45, 7) is 1.91. The van der Waals surface area contributed by atoms with Crippen LogP contribution >= 0.6 is 0 Å². The highest BCUT2D eigenvalue weighted by molar-refractivity contribution is 5.74. The van der Waals surface area contributed by atoms with Crippen molar-refractivity contribution in [2.24, 2.45) is 0 Å². The van der Waals surface area contributed by atoms with E-state index in [1.807, 2.05) is 54.6 Å². The predicted molar refractivity (Wildman–Crippen MR) is 120 cm³/mol. The highest BCUT2D eigenvalue weighted by Crippen LogP contribution is 2.24. The minimum Gasteiger partial charge on any atom is -0.482 e. The highest BCUT2D eigenvalue weighted by atomic mass is 16.6. The average molecular weight is 394 g/mol. The van der Waals surface area contributed by atoms with Crippen LogP contribution in [0.15, 0.2) is 103 Å². The topological polar surface area (TPSA) is 35.5 Å². The number of rotatable bonds is 6. The molecule has 0 aliphatic heterocycles. The van der Waals surface area contributed by atoms with E-state index in [1.54, 1.807) is 12.1 Å². The SMILES string of the molecule is Cc1ccc(-c2ccc(OC(=O)COc3ccc(-c4ccccc4)cc3)cc2)cc1. The molecule has 0 fully saturated rings. The molecule has 4 aromatic carbocycles. The molecule has 0 aromatic heterocycles.